The van der Waals surface area contributed by atoms with Gasteiger partial charge in [0.25, 0.3) is 0 Å². The Morgan fingerprint density at radius 3 is 2.24 bits per heavy atom. The normalized spacial score (nSPS) is 22.6. The first-order valence-electron chi connectivity index (χ1n) is 8.35. The van der Waals surface area contributed by atoms with Gasteiger partial charge < -0.3 is 15.2 Å². The molecule has 7 heteroatoms. The van der Waals surface area contributed by atoms with Gasteiger partial charge in [-0.3, -0.25) is 0 Å². The summed E-state index contributed by atoms with van der Waals surface area (Å²) in [7, 11) is 0. The van der Waals surface area contributed by atoms with Crippen LogP contribution < -0.4 is 5.32 Å². The molecular weight excluding hydrogens is 332 g/mol. The fourth-order valence-corrected chi connectivity index (χ4v) is 3.98. The molecule has 1 aromatic rings. The topological polar surface area (TPSA) is 75.6 Å². The second-order valence-corrected chi connectivity index (χ2v) is 7.28. The number of halogens is 2. The van der Waals surface area contributed by atoms with Gasteiger partial charge >= 0.3 is 12.1 Å². The quantitative estimate of drug-likeness (QED) is 0.865. The molecule has 0 aliphatic heterocycles. The number of carbonyl (C=O) groups is 2. The molecule has 0 bridgehead atoms. The molecule has 0 aromatic heterocycles. The van der Waals surface area contributed by atoms with Crippen molar-refractivity contribution >= 4 is 12.1 Å². The molecule has 2 N–H and O–H groups in total. The average Bonchev–Trinajstić information content (AvgIpc) is 2.54. The van der Waals surface area contributed by atoms with E-state index in [2.05, 4.69) is 5.32 Å². The summed E-state index contributed by atoms with van der Waals surface area (Å²) in [4.78, 5) is 23.6. The minimum absolute atomic E-state index is 0.0414. The maximum absolute atomic E-state index is 13.3. The highest BCUT2D eigenvalue weighted by Gasteiger charge is 2.62. The number of hydrogen-bond donors (Lipinski definition) is 2. The largest absolute Gasteiger partial charge is 0.480 e. The third-order valence-corrected chi connectivity index (χ3v) is 5.36. The second-order valence-electron chi connectivity index (χ2n) is 7.28. The van der Waals surface area contributed by atoms with Crippen molar-refractivity contribution in [2.75, 3.05) is 0 Å². The van der Waals surface area contributed by atoms with Crippen LogP contribution in [0.3, 0.4) is 0 Å². The summed E-state index contributed by atoms with van der Waals surface area (Å²) in [6, 6.07) is 9.04. The smallest absolute Gasteiger partial charge is 0.408 e. The summed E-state index contributed by atoms with van der Waals surface area (Å²) >= 11 is 0. The molecule has 5 nitrogen and oxygen atoms in total. The fraction of sp³-hybridized carbons (Fsp3) is 0.556. The van der Waals surface area contributed by atoms with Crippen LogP contribution in [0.5, 0.6) is 0 Å². The highest BCUT2D eigenvalue weighted by Crippen LogP contribution is 2.59. The molecular formula is C18H21F2NO4. The molecule has 0 saturated heterocycles. The molecule has 0 unspecified atom stereocenters. The minimum Gasteiger partial charge on any atom is -0.480 e. The lowest BCUT2D eigenvalue weighted by atomic mass is 9.51. The molecule has 136 valence electrons. The number of amides is 1. The zero-order valence-electron chi connectivity index (χ0n) is 13.8. The van der Waals surface area contributed by atoms with E-state index in [1.54, 1.807) is 12.1 Å². The Labute approximate surface area is 144 Å². The summed E-state index contributed by atoms with van der Waals surface area (Å²) in [5, 5.41) is 12.0. The van der Waals surface area contributed by atoms with Crippen molar-refractivity contribution in [1.82, 2.24) is 5.32 Å². The van der Waals surface area contributed by atoms with Gasteiger partial charge in [0.15, 0.2) is 0 Å². The number of alkyl halides is 2. The van der Waals surface area contributed by atoms with E-state index in [1.165, 1.54) is 0 Å². The Kier molecular flexibility index (Phi) is 4.43. The van der Waals surface area contributed by atoms with Gasteiger partial charge in [0.05, 0.1) is 0 Å². The van der Waals surface area contributed by atoms with Gasteiger partial charge in [-0.1, -0.05) is 30.3 Å². The number of aliphatic carboxylic acids is 1. The number of benzene rings is 1. The molecule has 1 aromatic carbocycles. The number of nitrogens with one attached hydrogen (secondary N) is 1. The molecule has 3 rings (SSSR count). The van der Waals surface area contributed by atoms with Crippen LogP contribution >= 0.6 is 0 Å². The Morgan fingerprint density at radius 1 is 1.08 bits per heavy atom. The molecule has 2 saturated carbocycles. The van der Waals surface area contributed by atoms with E-state index in [0.717, 1.165) is 5.56 Å². The van der Waals surface area contributed by atoms with E-state index >= 15 is 0 Å². The fourth-order valence-electron chi connectivity index (χ4n) is 3.98. The van der Waals surface area contributed by atoms with Gasteiger partial charge in [-0.15, -0.1) is 0 Å². The zero-order valence-corrected chi connectivity index (χ0v) is 13.8. The van der Waals surface area contributed by atoms with Gasteiger partial charge in [0, 0.05) is 12.8 Å². The molecule has 1 amide bonds. The summed E-state index contributed by atoms with van der Waals surface area (Å²) in [6.45, 7) is 0.0414. The van der Waals surface area contributed by atoms with Crippen molar-refractivity contribution in [3.63, 3.8) is 0 Å². The van der Waals surface area contributed by atoms with Crippen LogP contribution in [-0.2, 0) is 16.1 Å². The van der Waals surface area contributed by atoms with E-state index in [1.807, 2.05) is 18.2 Å². The number of alkyl carbamates (subject to hydrolysis) is 1. The van der Waals surface area contributed by atoms with Crippen molar-refractivity contribution in [3.05, 3.63) is 35.9 Å². The van der Waals surface area contributed by atoms with Crippen molar-refractivity contribution in [2.24, 2.45) is 5.41 Å². The number of ether oxygens (including phenoxy) is 1. The van der Waals surface area contributed by atoms with E-state index in [-0.39, 0.29) is 45.1 Å². The Morgan fingerprint density at radius 2 is 1.68 bits per heavy atom. The first-order valence-corrected chi connectivity index (χ1v) is 8.35. The van der Waals surface area contributed by atoms with Crippen LogP contribution in [0.25, 0.3) is 0 Å². The Hall–Kier alpha value is -2.18. The predicted octanol–water partition coefficient (Wildman–Crippen LogP) is 3.73. The lowest BCUT2D eigenvalue weighted by Gasteiger charge is -2.56. The monoisotopic (exact) mass is 353 g/mol. The van der Waals surface area contributed by atoms with Crippen LogP contribution in [0.2, 0.25) is 0 Å². The van der Waals surface area contributed by atoms with Gasteiger partial charge in [-0.2, -0.15) is 0 Å². The highest BCUT2D eigenvalue weighted by molar-refractivity contribution is 5.86. The first kappa shape index (κ1) is 17.6. The number of carboxylic acid groups (broad SMARTS) is 1. The van der Waals surface area contributed by atoms with Crippen LogP contribution in [-0.4, -0.2) is 28.6 Å². The highest BCUT2D eigenvalue weighted by atomic mass is 19.3. The molecule has 2 fully saturated rings. The third kappa shape index (κ3) is 3.75. The molecule has 0 radical (unpaired) electrons. The molecule has 0 atom stereocenters. The molecule has 25 heavy (non-hydrogen) atoms. The maximum atomic E-state index is 13.3. The second kappa shape index (κ2) is 6.28. The van der Waals surface area contributed by atoms with Crippen molar-refractivity contribution < 1.29 is 28.2 Å². The lowest BCUT2D eigenvalue weighted by Crippen LogP contribution is -2.67. The van der Waals surface area contributed by atoms with Crippen LogP contribution in [0.15, 0.2) is 30.3 Å². The van der Waals surface area contributed by atoms with Crippen LogP contribution in [0, 0.1) is 5.41 Å². The average molecular weight is 353 g/mol. The molecule has 0 heterocycles. The van der Waals surface area contributed by atoms with Gasteiger partial charge in [-0.25, -0.2) is 18.4 Å². The summed E-state index contributed by atoms with van der Waals surface area (Å²) in [6.07, 6.45) is -0.326. The van der Waals surface area contributed by atoms with E-state index in [4.69, 9.17) is 4.74 Å². The molecule has 2 aliphatic rings. The van der Waals surface area contributed by atoms with E-state index in [0.29, 0.717) is 0 Å². The summed E-state index contributed by atoms with van der Waals surface area (Å²) in [5.41, 5.74) is -1.03. The van der Waals surface area contributed by atoms with Crippen LogP contribution in [0.4, 0.5) is 13.6 Å². The van der Waals surface area contributed by atoms with Gasteiger partial charge in [-0.05, 0) is 36.7 Å². The van der Waals surface area contributed by atoms with Gasteiger partial charge in [0.2, 0.25) is 5.92 Å². The van der Waals surface area contributed by atoms with Gasteiger partial charge in [0.1, 0.15) is 12.1 Å². The SMILES string of the molecule is O=C(NC1(C(=O)O)CC2(CCC(F)(F)CC2)C1)OCc1ccccc1. The number of carbonyl (C=O) groups excluding carboxylic acids is 1. The first-order chi connectivity index (χ1) is 11.7. The third-order valence-electron chi connectivity index (χ3n) is 5.36. The van der Waals surface area contributed by atoms with Crippen molar-refractivity contribution in [2.45, 2.75) is 56.6 Å². The summed E-state index contributed by atoms with van der Waals surface area (Å²) < 4.78 is 31.7. The zero-order chi connectivity index (χ0) is 18.1. The number of hydrogen-bond acceptors (Lipinski definition) is 3. The lowest BCUT2D eigenvalue weighted by molar-refractivity contribution is -0.164. The molecule has 2 aliphatic carbocycles. The number of carboxylic acids is 1. The maximum Gasteiger partial charge on any atom is 0.408 e. The standard InChI is InChI=1S/C18H21F2NO4/c19-18(20)8-6-16(7-9-18)11-17(12-16,14(22)23)21-15(24)25-10-13-4-2-1-3-5-13/h1-5H,6-12H2,(H,21,24)(H,22,23). The number of rotatable bonds is 4. The Balaban J connectivity index is 1.56. The predicted molar refractivity (Wildman–Crippen MR) is 85.2 cm³/mol. The van der Waals surface area contributed by atoms with E-state index < -0.39 is 28.9 Å². The van der Waals surface area contributed by atoms with E-state index in [9.17, 15) is 23.5 Å². The Bertz CT molecular complexity index is 644. The molecule has 1 spiro atoms. The van der Waals surface area contributed by atoms with Crippen LogP contribution in [0.1, 0.15) is 44.1 Å². The summed E-state index contributed by atoms with van der Waals surface area (Å²) in [5.74, 6) is -3.80. The van der Waals surface area contributed by atoms with Crippen molar-refractivity contribution in [1.29, 1.82) is 0 Å². The van der Waals surface area contributed by atoms with Crippen molar-refractivity contribution in [3.8, 4) is 0 Å². The minimum atomic E-state index is -2.66.